The predicted molar refractivity (Wildman–Crippen MR) is 189 cm³/mol. The number of carbonyl (C=O) groups excluding carboxylic acids is 1. The summed E-state index contributed by atoms with van der Waals surface area (Å²) in [6, 6.07) is 42.6. The molecule has 0 spiro atoms. The van der Waals surface area contributed by atoms with Crippen LogP contribution >= 0.6 is 0 Å². The van der Waals surface area contributed by atoms with Crippen molar-refractivity contribution in [2.75, 3.05) is 19.8 Å². The van der Waals surface area contributed by atoms with Crippen molar-refractivity contribution in [3.63, 3.8) is 0 Å². The topological polar surface area (TPSA) is 45.2 Å². The first-order chi connectivity index (χ1) is 22.7. The number of ether oxygens (including phenoxy) is 2. The van der Waals surface area contributed by atoms with E-state index in [9.17, 15) is 4.79 Å². The van der Waals surface area contributed by atoms with Crippen LogP contribution in [0.25, 0.3) is 0 Å². The lowest BCUT2D eigenvalue weighted by Gasteiger charge is -2.38. The van der Waals surface area contributed by atoms with E-state index in [1.165, 1.54) is 22.3 Å². The van der Waals surface area contributed by atoms with Crippen molar-refractivity contribution in [2.24, 2.45) is 0 Å². The monoisotopic (exact) mass is 633 g/mol. The maximum atomic E-state index is 13.7. The van der Waals surface area contributed by atoms with Gasteiger partial charge in [-0.05, 0) is 69.3 Å². The van der Waals surface area contributed by atoms with Gasteiger partial charge in [0.05, 0.1) is 12.1 Å². The predicted octanol–water partition coefficient (Wildman–Crippen LogP) is 8.52. The van der Waals surface area contributed by atoms with E-state index < -0.39 is 11.3 Å². The molecule has 0 bridgehead atoms. The number of amides is 1. The molecule has 1 heterocycles. The summed E-state index contributed by atoms with van der Waals surface area (Å²) >= 11 is 0. The zero-order chi connectivity index (χ0) is 33.1. The third-order valence-electron chi connectivity index (χ3n) is 8.99. The Morgan fingerprint density at radius 2 is 1.13 bits per heavy atom. The molecule has 248 valence electrons. The first-order valence-corrected chi connectivity index (χ1v) is 16.9. The van der Waals surface area contributed by atoms with Crippen molar-refractivity contribution in [1.29, 1.82) is 0 Å². The molecule has 0 unspecified atom stereocenters. The highest BCUT2D eigenvalue weighted by Gasteiger charge is 2.49. The van der Waals surface area contributed by atoms with Crippen LogP contribution in [0.5, 0.6) is 0 Å². The summed E-state index contributed by atoms with van der Waals surface area (Å²) in [7, 11) is 0. The fourth-order valence-corrected chi connectivity index (χ4v) is 6.68. The van der Waals surface area contributed by atoms with Crippen molar-refractivity contribution in [3.05, 3.63) is 144 Å². The first-order valence-electron chi connectivity index (χ1n) is 16.9. The molecule has 1 aliphatic heterocycles. The van der Waals surface area contributed by atoms with E-state index in [-0.39, 0.29) is 12.1 Å². The molecule has 1 saturated heterocycles. The van der Waals surface area contributed by atoms with Crippen molar-refractivity contribution >= 4 is 6.09 Å². The molecule has 47 heavy (non-hydrogen) atoms. The lowest BCUT2D eigenvalue weighted by atomic mass is 10.0. The van der Waals surface area contributed by atoms with Crippen LogP contribution in [0.4, 0.5) is 4.79 Å². The molecule has 4 aromatic rings. The fourth-order valence-electron chi connectivity index (χ4n) is 6.68. The highest BCUT2D eigenvalue weighted by molar-refractivity contribution is 5.70. The summed E-state index contributed by atoms with van der Waals surface area (Å²) < 4.78 is 12.2. The minimum absolute atomic E-state index is 0.0180. The average molecular weight is 634 g/mol. The van der Waals surface area contributed by atoms with Gasteiger partial charge in [0.15, 0.2) is 0 Å². The Bertz CT molecular complexity index is 1400. The van der Waals surface area contributed by atoms with Crippen LogP contribution in [0.1, 0.15) is 62.8 Å². The maximum Gasteiger partial charge on any atom is 0.412 e. The second-order valence-electron chi connectivity index (χ2n) is 13.8. The minimum Gasteiger partial charge on any atom is -0.448 e. The molecule has 0 saturated carbocycles. The molecule has 4 aromatic carbocycles. The zero-order valence-electron chi connectivity index (χ0n) is 28.6. The smallest absolute Gasteiger partial charge is 0.412 e. The number of hydrogen-bond donors (Lipinski definition) is 0. The molecule has 0 radical (unpaired) electrons. The highest BCUT2D eigenvalue weighted by atomic mass is 16.6. The Hall–Kier alpha value is -3.97. The van der Waals surface area contributed by atoms with E-state index in [2.05, 4.69) is 131 Å². The molecule has 0 aromatic heterocycles. The van der Waals surface area contributed by atoms with Gasteiger partial charge < -0.3 is 9.47 Å². The van der Waals surface area contributed by atoms with Crippen LogP contribution in [0, 0.1) is 0 Å². The molecule has 0 aliphatic carbocycles. The lowest BCUT2D eigenvalue weighted by molar-refractivity contribution is -0.0555. The summed E-state index contributed by atoms with van der Waals surface area (Å²) in [4.78, 5) is 20.5. The van der Waals surface area contributed by atoms with Crippen LogP contribution in [0.15, 0.2) is 121 Å². The van der Waals surface area contributed by atoms with E-state index in [1.54, 1.807) is 4.90 Å². The van der Waals surface area contributed by atoms with Gasteiger partial charge in [-0.25, -0.2) is 4.79 Å². The molecule has 6 heteroatoms. The molecule has 6 nitrogen and oxygen atoms in total. The van der Waals surface area contributed by atoms with Gasteiger partial charge in [-0.2, -0.15) is 0 Å². The van der Waals surface area contributed by atoms with Crippen molar-refractivity contribution in [3.8, 4) is 0 Å². The lowest BCUT2D eigenvalue weighted by Crippen LogP contribution is -2.53. The highest BCUT2D eigenvalue weighted by Crippen LogP contribution is 2.35. The maximum absolute atomic E-state index is 13.7. The van der Waals surface area contributed by atoms with Crippen LogP contribution < -0.4 is 0 Å². The van der Waals surface area contributed by atoms with E-state index in [1.807, 2.05) is 27.7 Å². The van der Waals surface area contributed by atoms with Crippen molar-refractivity contribution in [2.45, 2.75) is 84.0 Å². The van der Waals surface area contributed by atoms with Crippen LogP contribution in [-0.4, -0.2) is 57.9 Å². The molecule has 0 N–H and O–H groups in total. The summed E-state index contributed by atoms with van der Waals surface area (Å²) in [5.41, 5.74) is 3.93. The van der Waals surface area contributed by atoms with Gasteiger partial charge in [0.2, 0.25) is 0 Å². The summed E-state index contributed by atoms with van der Waals surface area (Å²) in [6.45, 7) is 12.9. The largest absolute Gasteiger partial charge is 0.448 e. The molecule has 1 fully saturated rings. The third kappa shape index (κ3) is 10.0. The van der Waals surface area contributed by atoms with E-state index in [0.717, 1.165) is 45.6 Å². The first kappa shape index (κ1) is 34.4. The molecular formula is C41H51N3O3. The number of carbonyl (C=O) groups is 1. The van der Waals surface area contributed by atoms with Gasteiger partial charge in [0.25, 0.3) is 0 Å². The number of benzene rings is 4. The normalized spacial score (nSPS) is 16.0. The van der Waals surface area contributed by atoms with Crippen LogP contribution in [-0.2, 0) is 35.7 Å². The summed E-state index contributed by atoms with van der Waals surface area (Å²) in [5.74, 6) is 0. The van der Waals surface area contributed by atoms with Gasteiger partial charge in [-0.1, -0.05) is 121 Å². The molecule has 1 aliphatic rings. The minimum atomic E-state index is -0.723. The standard InChI is InChI=1S/C41H51N3O3/c1-40(2)33-47-41(3,4)44(40)39(45)46-32-38(43(30-36-22-13-7-14-23-36)31-37-24-15-8-16-25-37)26-17-27-42(28-34-18-9-5-10-19-34)29-35-20-11-6-12-21-35/h5-16,18-25,38H,17,26-33H2,1-4H3/t38-/m0/s1. The molecule has 5 rings (SSSR count). The summed E-state index contributed by atoms with van der Waals surface area (Å²) in [6.07, 6.45) is 1.53. The van der Waals surface area contributed by atoms with Gasteiger partial charge in [-0.3, -0.25) is 14.7 Å². The average Bonchev–Trinajstić information content (AvgIpc) is 3.30. The van der Waals surface area contributed by atoms with E-state index in [4.69, 9.17) is 9.47 Å². The molecule has 1 atom stereocenters. The Morgan fingerprint density at radius 1 is 0.702 bits per heavy atom. The summed E-state index contributed by atoms with van der Waals surface area (Å²) in [5, 5.41) is 0. The van der Waals surface area contributed by atoms with Crippen molar-refractivity contribution in [1.82, 2.24) is 14.7 Å². The van der Waals surface area contributed by atoms with Gasteiger partial charge in [-0.15, -0.1) is 0 Å². The molecular weight excluding hydrogens is 582 g/mol. The number of rotatable bonds is 15. The Kier molecular flexibility index (Phi) is 11.9. The van der Waals surface area contributed by atoms with Crippen LogP contribution in [0.3, 0.4) is 0 Å². The Morgan fingerprint density at radius 3 is 1.53 bits per heavy atom. The van der Waals surface area contributed by atoms with Gasteiger partial charge in [0, 0.05) is 32.2 Å². The SMILES string of the molecule is CC1(C)COC(C)(C)N1C(=O)OC[C@H](CCCN(Cc1ccccc1)Cc1ccccc1)N(Cc1ccccc1)Cc1ccccc1. The quantitative estimate of drug-likeness (QED) is 0.131. The van der Waals surface area contributed by atoms with E-state index >= 15 is 0 Å². The number of hydrogen-bond acceptors (Lipinski definition) is 5. The molecule has 1 amide bonds. The second kappa shape index (κ2) is 16.2. The van der Waals surface area contributed by atoms with Crippen LogP contribution in [0.2, 0.25) is 0 Å². The van der Waals surface area contributed by atoms with E-state index in [0.29, 0.717) is 13.2 Å². The van der Waals surface area contributed by atoms with Gasteiger partial charge >= 0.3 is 6.09 Å². The Balaban J connectivity index is 1.36. The fraction of sp³-hybridized carbons (Fsp3) is 0.390. The number of nitrogens with zero attached hydrogens (tertiary/aromatic N) is 3. The van der Waals surface area contributed by atoms with Gasteiger partial charge in [0.1, 0.15) is 12.3 Å². The van der Waals surface area contributed by atoms with Crippen molar-refractivity contribution < 1.29 is 14.3 Å². The Labute approximate surface area is 281 Å². The third-order valence-corrected chi connectivity index (χ3v) is 8.99. The second-order valence-corrected chi connectivity index (χ2v) is 13.8. The zero-order valence-corrected chi connectivity index (χ0v) is 28.6.